The Balaban J connectivity index is 2.29. The lowest BCUT2D eigenvalue weighted by molar-refractivity contribution is 0.371. The number of carbonyl (C=O) groups excluding carboxylic acids is 1. The Hall–Kier alpha value is -0.920. The molecule has 1 heterocycles. The quantitative estimate of drug-likeness (QED) is 0.506. The highest BCUT2D eigenvalue weighted by Gasteiger charge is 2.13. The summed E-state index contributed by atoms with van der Waals surface area (Å²) < 4.78 is 0. The fraction of sp³-hybridized carbons (Fsp3) is 0.667. The molecule has 1 aliphatic rings. The van der Waals surface area contributed by atoms with Gasteiger partial charge in [0.25, 0.3) is 0 Å². The van der Waals surface area contributed by atoms with Gasteiger partial charge in [0, 0.05) is 5.70 Å². The van der Waals surface area contributed by atoms with Crippen LogP contribution >= 0.6 is 0 Å². The molecule has 0 saturated carbocycles. The van der Waals surface area contributed by atoms with Crippen LogP contribution in [0.15, 0.2) is 17.3 Å². The van der Waals surface area contributed by atoms with E-state index in [1.807, 2.05) is 0 Å². The fourth-order valence-electron chi connectivity index (χ4n) is 1.53. The smallest absolute Gasteiger partial charge is 0.240 e. The highest BCUT2D eigenvalue weighted by Crippen LogP contribution is 2.19. The van der Waals surface area contributed by atoms with Crippen molar-refractivity contribution in [2.75, 3.05) is 13.1 Å². The lowest BCUT2D eigenvalue weighted by Gasteiger charge is -2.21. The van der Waals surface area contributed by atoms with Crippen LogP contribution in [0.5, 0.6) is 0 Å². The minimum atomic E-state index is 0.649. The third-order valence-electron chi connectivity index (χ3n) is 2.19. The Morgan fingerprint density at radius 3 is 2.83 bits per heavy atom. The summed E-state index contributed by atoms with van der Waals surface area (Å²) in [6, 6.07) is 0. The van der Waals surface area contributed by atoms with E-state index < -0.39 is 0 Å². The SMILES string of the molecule is C=C(CC1CCNCC1)N=C=O. The zero-order chi connectivity index (χ0) is 8.81. The number of allylic oxidation sites excluding steroid dienone is 1. The predicted molar refractivity (Wildman–Crippen MR) is 47.5 cm³/mol. The Morgan fingerprint density at radius 1 is 1.58 bits per heavy atom. The summed E-state index contributed by atoms with van der Waals surface area (Å²) in [6.07, 6.45) is 4.68. The zero-order valence-corrected chi connectivity index (χ0v) is 7.18. The van der Waals surface area contributed by atoms with Crippen molar-refractivity contribution < 1.29 is 4.79 Å². The van der Waals surface area contributed by atoms with Crippen molar-refractivity contribution in [2.24, 2.45) is 10.9 Å². The predicted octanol–water partition coefficient (Wildman–Crippen LogP) is 1.23. The summed E-state index contributed by atoms with van der Waals surface area (Å²) in [5.74, 6) is 0.649. The molecule has 0 unspecified atom stereocenters. The van der Waals surface area contributed by atoms with Gasteiger partial charge in [-0.25, -0.2) is 4.79 Å². The number of rotatable bonds is 3. The molecule has 0 spiro atoms. The van der Waals surface area contributed by atoms with Crippen LogP contribution in [0.25, 0.3) is 0 Å². The molecule has 0 aromatic heterocycles. The van der Waals surface area contributed by atoms with E-state index in [9.17, 15) is 4.79 Å². The van der Waals surface area contributed by atoms with Gasteiger partial charge in [-0.05, 0) is 38.3 Å². The largest absolute Gasteiger partial charge is 0.317 e. The van der Waals surface area contributed by atoms with Gasteiger partial charge in [0.1, 0.15) is 0 Å². The van der Waals surface area contributed by atoms with Crippen molar-refractivity contribution in [2.45, 2.75) is 19.3 Å². The first-order valence-corrected chi connectivity index (χ1v) is 4.29. The Labute approximate surface area is 72.6 Å². The van der Waals surface area contributed by atoms with Crippen molar-refractivity contribution in [3.05, 3.63) is 12.3 Å². The van der Waals surface area contributed by atoms with Crippen molar-refractivity contribution >= 4 is 6.08 Å². The second kappa shape index (κ2) is 4.86. The molecule has 12 heavy (non-hydrogen) atoms. The molecular weight excluding hydrogens is 152 g/mol. The van der Waals surface area contributed by atoms with Crippen LogP contribution in [0.2, 0.25) is 0 Å². The summed E-state index contributed by atoms with van der Waals surface area (Å²) in [7, 11) is 0. The third-order valence-corrected chi connectivity index (χ3v) is 2.19. The average molecular weight is 166 g/mol. The second-order valence-corrected chi connectivity index (χ2v) is 3.17. The normalized spacial score (nSPS) is 18.3. The number of piperidine rings is 1. The van der Waals surface area contributed by atoms with E-state index in [4.69, 9.17) is 0 Å². The molecule has 1 rings (SSSR count). The van der Waals surface area contributed by atoms with Crippen LogP contribution in [-0.2, 0) is 4.79 Å². The molecule has 3 nitrogen and oxygen atoms in total. The molecule has 1 fully saturated rings. The van der Waals surface area contributed by atoms with E-state index in [0.717, 1.165) is 32.4 Å². The molecule has 0 atom stereocenters. The number of nitrogens with zero attached hydrogens (tertiary/aromatic N) is 1. The van der Waals surface area contributed by atoms with Crippen molar-refractivity contribution in [1.82, 2.24) is 5.32 Å². The van der Waals surface area contributed by atoms with Crippen LogP contribution in [0.1, 0.15) is 19.3 Å². The van der Waals surface area contributed by atoms with Crippen LogP contribution in [-0.4, -0.2) is 19.2 Å². The lowest BCUT2D eigenvalue weighted by Crippen LogP contribution is -2.27. The van der Waals surface area contributed by atoms with Crippen molar-refractivity contribution in [3.63, 3.8) is 0 Å². The van der Waals surface area contributed by atoms with Crippen molar-refractivity contribution in [1.29, 1.82) is 0 Å². The van der Waals surface area contributed by atoms with Gasteiger partial charge >= 0.3 is 0 Å². The summed E-state index contributed by atoms with van der Waals surface area (Å²) in [5, 5.41) is 3.28. The molecular formula is C9H14N2O. The van der Waals surface area contributed by atoms with Gasteiger partial charge in [-0.3, -0.25) is 0 Å². The van der Waals surface area contributed by atoms with E-state index in [-0.39, 0.29) is 0 Å². The summed E-state index contributed by atoms with van der Waals surface area (Å²) in [5.41, 5.74) is 0.664. The first kappa shape index (κ1) is 9.17. The highest BCUT2D eigenvalue weighted by atomic mass is 16.1. The number of nitrogens with one attached hydrogen (secondary N) is 1. The molecule has 0 aliphatic carbocycles. The molecule has 0 amide bonds. The van der Waals surface area contributed by atoms with Crippen LogP contribution in [0.3, 0.4) is 0 Å². The Kier molecular flexibility index (Phi) is 3.71. The zero-order valence-electron chi connectivity index (χ0n) is 7.18. The van der Waals surface area contributed by atoms with E-state index in [1.165, 1.54) is 6.08 Å². The van der Waals surface area contributed by atoms with Crippen LogP contribution in [0.4, 0.5) is 0 Å². The van der Waals surface area contributed by atoms with Gasteiger partial charge in [0.05, 0.1) is 0 Å². The minimum Gasteiger partial charge on any atom is -0.317 e. The second-order valence-electron chi connectivity index (χ2n) is 3.17. The Bertz CT molecular complexity index is 201. The maximum Gasteiger partial charge on any atom is 0.240 e. The third kappa shape index (κ3) is 2.99. The molecule has 0 bridgehead atoms. The van der Waals surface area contributed by atoms with E-state index >= 15 is 0 Å². The van der Waals surface area contributed by atoms with Gasteiger partial charge in [-0.15, -0.1) is 0 Å². The summed E-state index contributed by atoms with van der Waals surface area (Å²) >= 11 is 0. The molecule has 0 aromatic carbocycles. The molecule has 0 aromatic rings. The first-order chi connectivity index (χ1) is 5.83. The van der Waals surface area contributed by atoms with E-state index in [2.05, 4.69) is 16.9 Å². The number of isocyanates is 1. The lowest BCUT2D eigenvalue weighted by atomic mass is 9.94. The minimum absolute atomic E-state index is 0.649. The molecule has 3 heteroatoms. The molecule has 1 aliphatic heterocycles. The van der Waals surface area contributed by atoms with Crippen LogP contribution < -0.4 is 5.32 Å². The molecule has 1 saturated heterocycles. The maximum atomic E-state index is 9.89. The average Bonchev–Trinajstić information content (AvgIpc) is 2.06. The van der Waals surface area contributed by atoms with Gasteiger partial charge in [-0.2, -0.15) is 4.99 Å². The maximum absolute atomic E-state index is 9.89. The van der Waals surface area contributed by atoms with Gasteiger partial charge in [0.2, 0.25) is 6.08 Å². The molecule has 1 N–H and O–H groups in total. The number of aliphatic imine (C=N–C) groups is 1. The van der Waals surface area contributed by atoms with Gasteiger partial charge in [0.15, 0.2) is 0 Å². The summed E-state index contributed by atoms with van der Waals surface area (Å²) in [4.78, 5) is 13.4. The summed E-state index contributed by atoms with van der Waals surface area (Å²) in [6.45, 7) is 5.83. The van der Waals surface area contributed by atoms with Gasteiger partial charge in [-0.1, -0.05) is 6.58 Å². The molecule has 0 radical (unpaired) electrons. The Morgan fingerprint density at radius 2 is 2.25 bits per heavy atom. The van der Waals surface area contributed by atoms with E-state index in [0.29, 0.717) is 11.6 Å². The highest BCUT2D eigenvalue weighted by molar-refractivity contribution is 5.36. The fourth-order valence-corrected chi connectivity index (χ4v) is 1.53. The number of hydrogen-bond acceptors (Lipinski definition) is 3. The van der Waals surface area contributed by atoms with Crippen molar-refractivity contribution in [3.8, 4) is 0 Å². The first-order valence-electron chi connectivity index (χ1n) is 4.29. The van der Waals surface area contributed by atoms with E-state index in [1.54, 1.807) is 0 Å². The monoisotopic (exact) mass is 166 g/mol. The molecule has 66 valence electrons. The topological polar surface area (TPSA) is 41.5 Å². The van der Waals surface area contributed by atoms with Crippen LogP contribution in [0, 0.1) is 5.92 Å². The standard InChI is InChI=1S/C9H14N2O/c1-8(11-7-12)6-9-2-4-10-5-3-9/h9-10H,1-6H2. The number of hydrogen-bond donors (Lipinski definition) is 1. The van der Waals surface area contributed by atoms with Gasteiger partial charge < -0.3 is 5.32 Å².